The topological polar surface area (TPSA) is 65.9 Å². The molecule has 0 radical (unpaired) electrons. The van der Waals surface area contributed by atoms with Crippen LogP contribution in [-0.2, 0) is 6.42 Å². The van der Waals surface area contributed by atoms with Crippen LogP contribution in [0.4, 0.5) is 0 Å². The zero-order chi connectivity index (χ0) is 18.5. The average molecular weight is 350 g/mol. The third kappa shape index (κ3) is 9.34. The first kappa shape index (κ1) is 21.3. The lowest BCUT2D eigenvalue weighted by Gasteiger charge is -2.17. The van der Waals surface area contributed by atoms with Gasteiger partial charge in [-0.3, -0.25) is 4.99 Å². The number of hydrogen-bond acceptors (Lipinski definition) is 3. The molecule has 0 bridgehead atoms. The van der Waals surface area contributed by atoms with Gasteiger partial charge in [0.25, 0.3) is 0 Å². The van der Waals surface area contributed by atoms with E-state index in [1.165, 1.54) is 5.56 Å². The lowest BCUT2D eigenvalue weighted by molar-refractivity contribution is 0.245. The number of aliphatic hydroxyl groups is 1. The van der Waals surface area contributed by atoms with Gasteiger partial charge in [0.1, 0.15) is 5.75 Å². The number of hydrogen-bond donors (Lipinski definition) is 3. The van der Waals surface area contributed by atoms with Gasteiger partial charge in [0.05, 0.1) is 7.11 Å². The maximum atomic E-state index is 9.24. The summed E-state index contributed by atoms with van der Waals surface area (Å²) in [7, 11) is 1.69. The summed E-state index contributed by atoms with van der Waals surface area (Å²) in [5.41, 5.74) is 1.24. The molecule has 5 nitrogen and oxygen atoms in total. The Labute approximate surface area is 152 Å². The Morgan fingerprint density at radius 3 is 2.72 bits per heavy atom. The molecule has 1 aromatic rings. The van der Waals surface area contributed by atoms with Crippen molar-refractivity contribution < 1.29 is 9.84 Å². The molecule has 3 N–H and O–H groups in total. The number of ether oxygens (including phenoxy) is 1. The maximum Gasteiger partial charge on any atom is 0.191 e. The largest absolute Gasteiger partial charge is 0.497 e. The second-order valence-corrected chi connectivity index (χ2v) is 6.76. The summed E-state index contributed by atoms with van der Waals surface area (Å²) in [6, 6.07) is 8.14. The lowest BCUT2D eigenvalue weighted by Crippen LogP contribution is -2.38. The van der Waals surface area contributed by atoms with Crippen LogP contribution in [0.2, 0.25) is 0 Å². The van der Waals surface area contributed by atoms with Crippen molar-refractivity contribution in [3.8, 4) is 5.75 Å². The molecule has 5 heteroatoms. The molecule has 0 heterocycles. The monoisotopic (exact) mass is 349 g/mol. The Morgan fingerprint density at radius 1 is 1.28 bits per heavy atom. The Balaban J connectivity index is 2.53. The molecule has 1 unspecified atom stereocenters. The number of aliphatic hydroxyl groups excluding tert-OH is 1. The quantitative estimate of drug-likeness (QED) is 0.424. The van der Waals surface area contributed by atoms with Crippen molar-refractivity contribution in [1.82, 2.24) is 10.6 Å². The molecule has 0 fully saturated rings. The van der Waals surface area contributed by atoms with Crippen molar-refractivity contribution >= 4 is 5.96 Å². The molecule has 1 rings (SSSR count). The van der Waals surface area contributed by atoms with Gasteiger partial charge in [-0.1, -0.05) is 26.0 Å². The van der Waals surface area contributed by atoms with E-state index in [0.29, 0.717) is 11.8 Å². The predicted octanol–water partition coefficient (Wildman–Crippen LogP) is 2.84. The van der Waals surface area contributed by atoms with Crippen LogP contribution >= 0.6 is 0 Å². The fourth-order valence-electron chi connectivity index (χ4n) is 2.85. The zero-order valence-corrected chi connectivity index (χ0v) is 16.2. The van der Waals surface area contributed by atoms with Gasteiger partial charge in [-0.15, -0.1) is 0 Å². The van der Waals surface area contributed by atoms with E-state index in [0.717, 1.165) is 50.6 Å². The van der Waals surface area contributed by atoms with Crippen LogP contribution in [0.15, 0.2) is 29.3 Å². The number of rotatable bonds is 11. The highest BCUT2D eigenvalue weighted by Gasteiger charge is 2.10. The van der Waals surface area contributed by atoms with Gasteiger partial charge in [-0.25, -0.2) is 0 Å². The van der Waals surface area contributed by atoms with Gasteiger partial charge in [-0.05, 0) is 55.7 Å². The number of benzene rings is 1. The minimum Gasteiger partial charge on any atom is -0.497 e. The van der Waals surface area contributed by atoms with E-state index in [1.54, 1.807) is 7.11 Å². The third-order valence-electron chi connectivity index (χ3n) is 4.03. The molecule has 0 amide bonds. The van der Waals surface area contributed by atoms with Crippen LogP contribution in [0.3, 0.4) is 0 Å². The van der Waals surface area contributed by atoms with Crippen molar-refractivity contribution in [3.63, 3.8) is 0 Å². The minimum atomic E-state index is 0.229. The highest BCUT2D eigenvalue weighted by molar-refractivity contribution is 5.79. The van der Waals surface area contributed by atoms with Gasteiger partial charge in [-0.2, -0.15) is 0 Å². The molecular weight excluding hydrogens is 314 g/mol. The van der Waals surface area contributed by atoms with E-state index in [1.807, 2.05) is 12.1 Å². The molecule has 25 heavy (non-hydrogen) atoms. The van der Waals surface area contributed by atoms with Crippen molar-refractivity contribution in [3.05, 3.63) is 29.8 Å². The molecule has 142 valence electrons. The Bertz CT molecular complexity index is 503. The van der Waals surface area contributed by atoms with Gasteiger partial charge in [0.15, 0.2) is 5.96 Å². The maximum absolute atomic E-state index is 9.24. The molecule has 1 atom stereocenters. The first-order valence-corrected chi connectivity index (χ1v) is 9.35. The van der Waals surface area contributed by atoms with Crippen molar-refractivity contribution in [2.45, 2.75) is 40.0 Å². The summed E-state index contributed by atoms with van der Waals surface area (Å²) in [5.74, 6) is 2.78. The van der Waals surface area contributed by atoms with E-state index < -0.39 is 0 Å². The predicted molar refractivity (Wildman–Crippen MR) is 105 cm³/mol. The van der Waals surface area contributed by atoms with Crippen LogP contribution in [-0.4, -0.2) is 44.4 Å². The minimum absolute atomic E-state index is 0.229. The number of guanidine groups is 1. The number of methoxy groups -OCH3 is 1. The van der Waals surface area contributed by atoms with Crippen LogP contribution in [0.1, 0.15) is 39.2 Å². The van der Waals surface area contributed by atoms with Gasteiger partial charge < -0.3 is 20.5 Å². The third-order valence-corrected chi connectivity index (χ3v) is 4.03. The fraction of sp³-hybridized carbons (Fsp3) is 0.650. The van der Waals surface area contributed by atoms with E-state index in [9.17, 15) is 5.11 Å². The lowest BCUT2D eigenvalue weighted by atomic mass is 9.94. The van der Waals surface area contributed by atoms with Crippen LogP contribution in [0, 0.1) is 11.8 Å². The zero-order valence-electron chi connectivity index (χ0n) is 16.2. The molecule has 0 spiro atoms. The summed E-state index contributed by atoms with van der Waals surface area (Å²) in [6.07, 6.45) is 2.81. The molecule has 1 aromatic carbocycles. The molecule has 0 saturated carbocycles. The van der Waals surface area contributed by atoms with Crippen molar-refractivity contribution in [2.24, 2.45) is 16.8 Å². The van der Waals surface area contributed by atoms with Crippen molar-refractivity contribution in [2.75, 3.05) is 33.4 Å². The second kappa shape index (κ2) is 12.6. The summed E-state index contributed by atoms with van der Waals surface area (Å²) in [5, 5.41) is 15.9. The molecule has 0 aliphatic carbocycles. The summed E-state index contributed by atoms with van der Waals surface area (Å²) >= 11 is 0. The summed E-state index contributed by atoms with van der Waals surface area (Å²) < 4.78 is 5.26. The number of nitrogens with one attached hydrogen (secondary N) is 2. The second-order valence-electron chi connectivity index (χ2n) is 6.76. The van der Waals surface area contributed by atoms with E-state index in [2.05, 4.69) is 43.5 Å². The summed E-state index contributed by atoms with van der Waals surface area (Å²) in [4.78, 5) is 4.71. The molecule has 0 aromatic heterocycles. The fourth-order valence-corrected chi connectivity index (χ4v) is 2.85. The standard InChI is InChI=1S/C20H35N3O2/c1-5-21-20(23-15-18(10-12-24)13-16(2)3)22-11-9-17-7-6-8-19(14-17)25-4/h6-8,14,16,18,24H,5,9-13,15H2,1-4H3,(H2,21,22,23). The van der Waals surface area contributed by atoms with Crippen LogP contribution < -0.4 is 15.4 Å². The Kier molecular flexibility index (Phi) is 10.7. The van der Waals surface area contributed by atoms with Crippen molar-refractivity contribution in [1.29, 1.82) is 0 Å². The number of nitrogens with zero attached hydrogens (tertiary/aromatic N) is 1. The van der Waals surface area contributed by atoms with Crippen LogP contribution in [0.25, 0.3) is 0 Å². The molecule has 0 aliphatic rings. The normalized spacial score (nSPS) is 13.0. The van der Waals surface area contributed by atoms with E-state index in [4.69, 9.17) is 9.73 Å². The number of aliphatic imine (C=N–C) groups is 1. The Morgan fingerprint density at radius 2 is 2.08 bits per heavy atom. The molecular formula is C20H35N3O2. The molecule has 0 saturated heterocycles. The SMILES string of the molecule is CCNC(=NCC(CCO)CC(C)C)NCCc1cccc(OC)c1. The summed E-state index contributed by atoms with van der Waals surface area (Å²) in [6.45, 7) is 9.11. The van der Waals surface area contributed by atoms with Gasteiger partial charge in [0, 0.05) is 26.2 Å². The first-order chi connectivity index (χ1) is 12.1. The van der Waals surface area contributed by atoms with E-state index >= 15 is 0 Å². The van der Waals surface area contributed by atoms with Crippen LogP contribution in [0.5, 0.6) is 5.75 Å². The smallest absolute Gasteiger partial charge is 0.191 e. The van der Waals surface area contributed by atoms with Gasteiger partial charge in [0.2, 0.25) is 0 Å². The molecule has 0 aliphatic heterocycles. The highest BCUT2D eigenvalue weighted by atomic mass is 16.5. The highest BCUT2D eigenvalue weighted by Crippen LogP contribution is 2.15. The first-order valence-electron chi connectivity index (χ1n) is 9.35. The van der Waals surface area contributed by atoms with E-state index in [-0.39, 0.29) is 6.61 Å². The van der Waals surface area contributed by atoms with Gasteiger partial charge >= 0.3 is 0 Å². The average Bonchev–Trinajstić information content (AvgIpc) is 2.59. The Hall–Kier alpha value is -1.75.